The van der Waals surface area contributed by atoms with Crippen molar-refractivity contribution < 1.29 is 4.79 Å². The first-order valence-electron chi connectivity index (χ1n) is 6.94. The third-order valence-electron chi connectivity index (χ3n) is 2.81. The summed E-state index contributed by atoms with van der Waals surface area (Å²) in [5, 5.41) is 3.51. The predicted molar refractivity (Wildman–Crippen MR) is 86.1 cm³/mol. The SMILES string of the molecule is CC(C)CCNC(=S)NNC(=O)CCc1ccccc1. The highest BCUT2D eigenvalue weighted by Gasteiger charge is 2.03. The van der Waals surface area contributed by atoms with Crippen LogP contribution in [0.1, 0.15) is 32.3 Å². The molecule has 0 radical (unpaired) electrons. The number of hydrogen-bond acceptors (Lipinski definition) is 2. The first-order valence-corrected chi connectivity index (χ1v) is 7.35. The van der Waals surface area contributed by atoms with Gasteiger partial charge in [-0.05, 0) is 36.5 Å². The monoisotopic (exact) mass is 293 g/mol. The molecule has 1 aromatic carbocycles. The van der Waals surface area contributed by atoms with E-state index in [9.17, 15) is 4.79 Å². The van der Waals surface area contributed by atoms with Crippen LogP contribution in [0.4, 0.5) is 0 Å². The second-order valence-corrected chi connectivity index (χ2v) is 5.51. The van der Waals surface area contributed by atoms with E-state index in [4.69, 9.17) is 12.2 Å². The maximum atomic E-state index is 11.6. The fraction of sp³-hybridized carbons (Fsp3) is 0.467. The van der Waals surface area contributed by atoms with Gasteiger partial charge >= 0.3 is 0 Å². The van der Waals surface area contributed by atoms with Gasteiger partial charge in [-0.25, -0.2) is 0 Å². The molecule has 0 unspecified atom stereocenters. The molecule has 1 amide bonds. The fourth-order valence-electron chi connectivity index (χ4n) is 1.61. The molecular weight excluding hydrogens is 270 g/mol. The molecule has 0 spiro atoms. The van der Waals surface area contributed by atoms with Gasteiger partial charge in [0.05, 0.1) is 0 Å². The molecule has 5 heteroatoms. The van der Waals surface area contributed by atoms with Crippen molar-refractivity contribution in [3.8, 4) is 0 Å². The summed E-state index contributed by atoms with van der Waals surface area (Å²) in [7, 11) is 0. The number of rotatable bonds is 6. The molecule has 110 valence electrons. The molecule has 20 heavy (non-hydrogen) atoms. The Bertz CT molecular complexity index is 420. The Labute approximate surface area is 126 Å². The maximum absolute atomic E-state index is 11.6. The van der Waals surface area contributed by atoms with Crippen molar-refractivity contribution in [3.63, 3.8) is 0 Å². The van der Waals surface area contributed by atoms with Gasteiger partial charge < -0.3 is 5.32 Å². The van der Waals surface area contributed by atoms with Crippen LogP contribution >= 0.6 is 12.2 Å². The van der Waals surface area contributed by atoms with Crippen LogP contribution in [0.5, 0.6) is 0 Å². The Morgan fingerprint density at radius 2 is 1.90 bits per heavy atom. The standard InChI is InChI=1S/C15H23N3OS/c1-12(2)10-11-16-15(20)18-17-14(19)9-8-13-6-4-3-5-7-13/h3-7,12H,8-11H2,1-2H3,(H,17,19)(H2,16,18,20). The van der Waals surface area contributed by atoms with E-state index in [0.29, 0.717) is 17.5 Å². The number of amides is 1. The Morgan fingerprint density at radius 3 is 2.55 bits per heavy atom. The van der Waals surface area contributed by atoms with E-state index < -0.39 is 0 Å². The van der Waals surface area contributed by atoms with Gasteiger partial charge in [0, 0.05) is 13.0 Å². The van der Waals surface area contributed by atoms with E-state index in [1.54, 1.807) is 0 Å². The first kappa shape index (κ1) is 16.4. The summed E-state index contributed by atoms with van der Waals surface area (Å²) in [6.45, 7) is 5.12. The third-order valence-corrected chi connectivity index (χ3v) is 3.05. The van der Waals surface area contributed by atoms with Gasteiger partial charge in [-0.1, -0.05) is 44.2 Å². The minimum absolute atomic E-state index is 0.0677. The lowest BCUT2D eigenvalue weighted by atomic mass is 10.1. The number of hydrogen-bond donors (Lipinski definition) is 3. The smallest absolute Gasteiger partial charge is 0.238 e. The van der Waals surface area contributed by atoms with E-state index >= 15 is 0 Å². The zero-order valence-corrected chi connectivity index (χ0v) is 12.9. The highest BCUT2D eigenvalue weighted by atomic mass is 32.1. The number of nitrogens with one attached hydrogen (secondary N) is 3. The van der Waals surface area contributed by atoms with Gasteiger partial charge in [0.1, 0.15) is 0 Å². The molecule has 3 N–H and O–H groups in total. The molecule has 0 saturated carbocycles. The second-order valence-electron chi connectivity index (χ2n) is 5.10. The lowest BCUT2D eigenvalue weighted by Gasteiger charge is -2.12. The number of aryl methyl sites for hydroxylation is 1. The minimum Gasteiger partial charge on any atom is -0.361 e. The number of carbonyl (C=O) groups excluding carboxylic acids is 1. The molecule has 0 heterocycles. The summed E-state index contributed by atoms with van der Waals surface area (Å²) < 4.78 is 0. The van der Waals surface area contributed by atoms with Crippen LogP contribution in [-0.4, -0.2) is 17.6 Å². The summed E-state index contributed by atoms with van der Waals surface area (Å²) >= 11 is 5.07. The van der Waals surface area contributed by atoms with Gasteiger partial charge in [-0.15, -0.1) is 0 Å². The highest BCUT2D eigenvalue weighted by molar-refractivity contribution is 7.80. The van der Waals surface area contributed by atoms with Crippen LogP contribution in [0.2, 0.25) is 0 Å². The van der Waals surface area contributed by atoms with Crippen molar-refractivity contribution in [2.24, 2.45) is 5.92 Å². The largest absolute Gasteiger partial charge is 0.361 e. The predicted octanol–water partition coefficient (Wildman–Crippen LogP) is 2.16. The molecule has 0 aromatic heterocycles. The topological polar surface area (TPSA) is 53.2 Å². The average Bonchev–Trinajstić information content (AvgIpc) is 2.43. The summed E-state index contributed by atoms with van der Waals surface area (Å²) in [6, 6.07) is 9.93. The Morgan fingerprint density at radius 1 is 1.20 bits per heavy atom. The summed E-state index contributed by atoms with van der Waals surface area (Å²) in [5.41, 5.74) is 6.46. The Hall–Kier alpha value is -1.62. The summed E-state index contributed by atoms with van der Waals surface area (Å²) in [6.07, 6.45) is 2.21. The molecule has 0 aliphatic heterocycles. The molecule has 0 bridgehead atoms. The van der Waals surface area contributed by atoms with E-state index in [0.717, 1.165) is 24.9 Å². The van der Waals surface area contributed by atoms with Crippen LogP contribution in [0.3, 0.4) is 0 Å². The summed E-state index contributed by atoms with van der Waals surface area (Å²) in [4.78, 5) is 11.6. The molecule has 0 atom stereocenters. The summed E-state index contributed by atoms with van der Waals surface area (Å²) in [5.74, 6) is 0.563. The molecule has 0 saturated heterocycles. The number of hydrazine groups is 1. The molecule has 1 aromatic rings. The second kappa shape index (κ2) is 9.31. The van der Waals surface area contributed by atoms with Gasteiger partial charge in [0.25, 0.3) is 0 Å². The van der Waals surface area contributed by atoms with Crippen molar-refractivity contribution in [3.05, 3.63) is 35.9 Å². The van der Waals surface area contributed by atoms with E-state index in [2.05, 4.69) is 30.0 Å². The van der Waals surface area contributed by atoms with Crippen LogP contribution in [0.15, 0.2) is 30.3 Å². The quantitative estimate of drug-likeness (QED) is 0.556. The molecular formula is C15H23N3OS. The van der Waals surface area contributed by atoms with Crippen LogP contribution in [0.25, 0.3) is 0 Å². The lowest BCUT2D eigenvalue weighted by Crippen LogP contribution is -2.47. The van der Waals surface area contributed by atoms with E-state index in [-0.39, 0.29) is 5.91 Å². The van der Waals surface area contributed by atoms with E-state index in [1.165, 1.54) is 0 Å². The highest BCUT2D eigenvalue weighted by Crippen LogP contribution is 2.01. The van der Waals surface area contributed by atoms with Gasteiger partial charge in [0.15, 0.2) is 5.11 Å². The normalized spacial score (nSPS) is 10.2. The van der Waals surface area contributed by atoms with Crippen LogP contribution < -0.4 is 16.2 Å². The lowest BCUT2D eigenvalue weighted by molar-refractivity contribution is -0.121. The van der Waals surface area contributed by atoms with Crippen molar-refractivity contribution in [2.45, 2.75) is 33.1 Å². The van der Waals surface area contributed by atoms with Crippen molar-refractivity contribution >= 4 is 23.2 Å². The maximum Gasteiger partial charge on any atom is 0.238 e. The van der Waals surface area contributed by atoms with Gasteiger partial charge in [-0.2, -0.15) is 0 Å². The van der Waals surface area contributed by atoms with Crippen molar-refractivity contribution in [2.75, 3.05) is 6.54 Å². The van der Waals surface area contributed by atoms with E-state index in [1.807, 2.05) is 30.3 Å². The molecule has 0 aliphatic rings. The minimum atomic E-state index is -0.0677. The zero-order chi connectivity index (χ0) is 14.8. The van der Waals surface area contributed by atoms with Gasteiger partial charge in [-0.3, -0.25) is 15.6 Å². The molecule has 1 rings (SSSR count). The average molecular weight is 293 g/mol. The van der Waals surface area contributed by atoms with Crippen molar-refractivity contribution in [1.29, 1.82) is 0 Å². The van der Waals surface area contributed by atoms with Crippen molar-refractivity contribution in [1.82, 2.24) is 16.2 Å². The van der Waals surface area contributed by atoms with Crippen LogP contribution in [0, 0.1) is 5.92 Å². The van der Waals surface area contributed by atoms with Crippen LogP contribution in [-0.2, 0) is 11.2 Å². The fourth-order valence-corrected chi connectivity index (χ4v) is 1.76. The number of benzene rings is 1. The molecule has 0 aliphatic carbocycles. The number of thiocarbonyl (C=S) groups is 1. The zero-order valence-electron chi connectivity index (χ0n) is 12.1. The van der Waals surface area contributed by atoms with Gasteiger partial charge in [0.2, 0.25) is 5.91 Å². The molecule has 4 nitrogen and oxygen atoms in total. The Balaban J connectivity index is 2.12. The number of carbonyl (C=O) groups is 1. The third kappa shape index (κ3) is 7.74. The first-order chi connectivity index (χ1) is 9.58. The Kier molecular flexibility index (Phi) is 7.65. The molecule has 0 fully saturated rings.